The zero-order valence-corrected chi connectivity index (χ0v) is 17.4. The number of fused-ring (bicyclic) bond motifs is 1. The average Bonchev–Trinajstić information content (AvgIpc) is 2.91. The second kappa shape index (κ2) is 6.71. The van der Waals surface area contributed by atoms with Gasteiger partial charge >= 0.3 is 0 Å². The van der Waals surface area contributed by atoms with Crippen LogP contribution in [0.3, 0.4) is 0 Å². The molecule has 1 aliphatic heterocycles. The van der Waals surface area contributed by atoms with Gasteiger partial charge in [0.25, 0.3) is 0 Å². The van der Waals surface area contributed by atoms with Gasteiger partial charge in [-0.3, -0.25) is 0 Å². The molecule has 0 aliphatic carbocycles. The van der Waals surface area contributed by atoms with Crippen LogP contribution in [0.4, 0.5) is 5.82 Å². The van der Waals surface area contributed by atoms with E-state index in [0.717, 1.165) is 46.9 Å². The molecule has 0 spiro atoms. The standard InChI is InChI=1S/C20H20BrClN4/c1-12-9-16(22)20(23-10-12)25-8-7-17-15(11-25)19(21)26(24-17)18-13(2)5-4-6-14(18)3/h4-6,9-10H,7-8,11H2,1-3H3. The number of anilines is 1. The molecule has 0 N–H and O–H groups in total. The molecule has 0 fully saturated rings. The molecule has 1 aliphatic rings. The predicted molar refractivity (Wildman–Crippen MR) is 109 cm³/mol. The molecule has 0 atom stereocenters. The monoisotopic (exact) mass is 430 g/mol. The smallest absolute Gasteiger partial charge is 0.147 e. The largest absolute Gasteiger partial charge is 0.350 e. The number of aromatic nitrogens is 3. The van der Waals surface area contributed by atoms with Gasteiger partial charge < -0.3 is 4.90 Å². The van der Waals surface area contributed by atoms with E-state index in [1.54, 1.807) is 0 Å². The van der Waals surface area contributed by atoms with E-state index in [1.807, 2.05) is 23.9 Å². The fourth-order valence-corrected chi connectivity index (χ4v) is 4.52. The van der Waals surface area contributed by atoms with Crippen LogP contribution >= 0.6 is 27.5 Å². The van der Waals surface area contributed by atoms with E-state index < -0.39 is 0 Å². The highest BCUT2D eigenvalue weighted by Gasteiger charge is 2.26. The maximum absolute atomic E-state index is 6.44. The molecular weight excluding hydrogens is 412 g/mol. The summed E-state index contributed by atoms with van der Waals surface area (Å²) in [6.45, 7) is 7.85. The van der Waals surface area contributed by atoms with E-state index >= 15 is 0 Å². The lowest BCUT2D eigenvalue weighted by molar-refractivity contribution is 0.705. The zero-order valence-electron chi connectivity index (χ0n) is 15.1. The van der Waals surface area contributed by atoms with Crippen molar-refractivity contribution in [2.75, 3.05) is 11.4 Å². The van der Waals surface area contributed by atoms with Crippen molar-refractivity contribution in [3.8, 4) is 5.69 Å². The first-order chi connectivity index (χ1) is 12.5. The number of aryl methyl sites for hydroxylation is 3. The number of halogens is 2. The van der Waals surface area contributed by atoms with Gasteiger partial charge in [0.05, 0.1) is 16.4 Å². The van der Waals surface area contributed by atoms with E-state index in [0.29, 0.717) is 5.02 Å². The number of hydrogen-bond acceptors (Lipinski definition) is 3. The Hall–Kier alpha value is -1.85. The molecule has 4 nitrogen and oxygen atoms in total. The predicted octanol–water partition coefficient (Wildman–Crippen LogP) is 5.17. The van der Waals surface area contributed by atoms with Crippen molar-refractivity contribution >= 4 is 33.3 Å². The lowest BCUT2D eigenvalue weighted by atomic mass is 10.1. The van der Waals surface area contributed by atoms with Crippen LogP contribution in [0.15, 0.2) is 35.1 Å². The molecule has 4 rings (SSSR count). The minimum atomic E-state index is 0.701. The zero-order chi connectivity index (χ0) is 18.4. The molecule has 3 heterocycles. The molecule has 0 amide bonds. The van der Waals surface area contributed by atoms with Crippen molar-refractivity contribution in [1.29, 1.82) is 0 Å². The fraction of sp³-hybridized carbons (Fsp3) is 0.300. The lowest BCUT2D eigenvalue weighted by Gasteiger charge is -2.28. The number of benzene rings is 1. The van der Waals surface area contributed by atoms with Crippen LogP contribution in [0.5, 0.6) is 0 Å². The number of nitrogens with zero attached hydrogens (tertiary/aromatic N) is 4. The molecule has 0 saturated carbocycles. The molecule has 2 aromatic heterocycles. The number of rotatable bonds is 2. The summed E-state index contributed by atoms with van der Waals surface area (Å²) in [7, 11) is 0. The van der Waals surface area contributed by atoms with Gasteiger partial charge in [0.2, 0.25) is 0 Å². The van der Waals surface area contributed by atoms with Gasteiger partial charge in [-0.2, -0.15) is 5.10 Å². The first-order valence-electron chi connectivity index (χ1n) is 8.65. The normalized spacial score (nSPS) is 13.8. The summed E-state index contributed by atoms with van der Waals surface area (Å²) in [5.74, 6) is 0.842. The summed E-state index contributed by atoms with van der Waals surface area (Å²) in [4.78, 5) is 6.78. The number of pyridine rings is 1. The Morgan fingerprint density at radius 1 is 1.15 bits per heavy atom. The second-order valence-electron chi connectivity index (χ2n) is 6.86. The Kier molecular flexibility index (Phi) is 4.53. The molecule has 3 aromatic rings. The first kappa shape index (κ1) is 17.6. The molecule has 134 valence electrons. The summed E-state index contributed by atoms with van der Waals surface area (Å²) in [5, 5.41) is 5.60. The quantitative estimate of drug-likeness (QED) is 0.561. The van der Waals surface area contributed by atoms with Crippen molar-refractivity contribution in [2.24, 2.45) is 0 Å². The van der Waals surface area contributed by atoms with Crippen molar-refractivity contribution in [2.45, 2.75) is 33.7 Å². The van der Waals surface area contributed by atoms with Gasteiger partial charge in [0, 0.05) is 31.3 Å². The van der Waals surface area contributed by atoms with E-state index in [4.69, 9.17) is 16.7 Å². The Morgan fingerprint density at radius 2 is 1.88 bits per heavy atom. The minimum Gasteiger partial charge on any atom is -0.350 e. The van der Waals surface area contributed by atoms with Crippen LogP contribution in [-0.4, -0.2) is 21.3 Å². The minimum absolute atomic E-state index is 0.701. The number of para-hydroxylation sites is 1. The van der Waals surface area contributed by atoms with Crippen LogP contribution < -0.4 is 4.90 Å². The first-order valence-corrected chi connectivity index (χ1v) is 9.82. The molecule has 0 bridgehead atoms. The Balaban J connectivity index is 1.74. The highest BCUT2D eigenvalue weighted by Crippen LogP contribution is 2.34. The summed E-state index contributed by atoms with van der Waals surface area (Å²) >= 11 is 10.2. The van der Waals surface area contributed by atoms with Crippen molar-refractivity contribution in [3.05, 3.63) is 68.0 Å². The SMILES string of the molecule is Cc1cnc(N2CCc3nn(-c4c(C)cccc4C)c(Br)c3C2)c(Cl)c1. The third-order valence-corrected chi connectivity index (χ3v) is 5.97. The van der Waals surface area contributed by atoms with Gasteiger partial charge in [-0.1, -0.05) is 29.8 Å². The molecule has 0 saturated heterocycles. The summed E-state index contributed by atoms with van der Waals surface area (Å²) in [6.07, 6.45) is 2.74. The summed E-state index contributed by atoms with van der Waals surface area (Å²) < 4.78 is 3.04. The fourth-order valence-electron chi connectivity index (χ4n) is 3.57. The van der Waals surface area contributed by atoms with Crippen LogP contribution in [0.25, 0.3) is 5.69 Å². The van der Waals surface area contributed by atoms with Crippen molar-refractivity contribution in [1.82, 2.24) is 14.8 Å². The third-order valence-electron chi connectivity index (χ3n) is 4.88. The van der Waals surface area contributed by atoms with E-state index in [-0.39, 0.29) is 0 Å². The van der Waals surface area contributed by atoms with E-state index in [2.05, 4.69) is 57.9 Å². The number of hydrogen-bond donors (Lipinski definition) is 0. The average molecular weight is 432 g/mol. The molecule has 26 heavy (non-hydrogen) atoms. The topological polar surface area (TPSA) is 34.0 Å². The van der Waals surface area contributed by atoms with Gasteiger partial charge in [0.1, 0.15) is 10.4 Å². The van der Waals surface area contributed by atoms with Gasteiger partial charge in [0.15, 0.2) is 0 Å². The summed E-state index contributed by atoms with van der Waals surface area (Å²) in [6, 6.07) is 8.29. The van der Waals surface area contributed by atoms with Gasteiger partial charge in [-0.25, -0.2) is 9.67 Å². The Morgan fingerprint density at radius 3 is 2.58 bits per heavy atom. The summed E-state index contributed by atoms with van der Waals surface area (Å²) in [5.41, 5.74) is 6.99. The van der Waals surface area contributed by atoms with Crippen LogP contribution in [0.2, 0.25) is 5.02 Å². The maximum Gasteiger partial charge on any atom is 0.147 e. The molecule has 0 unspecified atom stereocenters. The molecule has 0 radical (unpaired) electrons. The second-order valence-corrected chi connectivity index (χ2v) is 8.02. The molecular formula is C20H20BrClN4. The lowest BCUT2D eigenvalue weighted by Crippen LogP contribution is -2.31. The highest BCUT2D eigenvalue weighted by molar-refractivity contribution is 9.10. The molecule has 1 aromatic carbocycles. The van der Waals surface area contributed by atoms with Crippen LogP contribution in [-0.2, 0) is 13.0 Å². The Bertz CT molecular complexity index is 975. The Labute approximate surface area is 166 Å². The highest BCUT2D eigenvalue weighted by atomic mass is 79.9. The van der Waals surface area contributed by atoms with E-state index in [1.165, 1.54) is 16.7 Å². The van der Waals surface area contributed by atoms with Gasteiger partial charge in [-0.15, -0.1) is 0 Å². The molecule has 6 heteroatoms. The van der Waals surface area contributed by atoms with Crippen molar-refractivity contribution in [3.63, 3.8) is 0 Å². The van der Waals surface area contributed by atoms with Gasteiger partial charge in [-0.05, 0) is 59.5 Å². The van der Waals surface area contributed by atoms with Crippen LogP contribution in [0, 0.1) is 20.8 Å². The van der Waals surface area contributed by atoms with E-state index in [9.17, 15) is 0 Å². The maximum atomic E-state index is 6.44. The third kappa shape index (κ3) is 2.93. The van der Waals surface area contributed by atoms with Crippen LogP contribution in [0.1, 0.15) is 27.9 Å². The van der Waals surface area contributed by atoms with Crippen molar-refractivity contribution < 1.29 is 0 Å².